The maximum absolute atomic E-state index is 13.4. The summed E-state index contributed by atoms with van der Waals surface area (Å²) < 4.78 is 19.3. The third-order valence-electron chi connectivity index (χ3n) is 3.55. The van der Waals surface area contributed by atoms with Crippen LogP contribution in [0.5, 0.6) is 0 Å². The van der Waals surface area contributed by atoms with Gasteiger partial charge < -0.3 is 4.74 Å². The molecule has 0 N–H and O–H groups in total. The standard InChI is InChI=1S/C13H17Cl2FN2O/c1-3-19-13(6-4-5-8(2)7-13)12-17-10(14)9(16)11(15)18-12/h8H,3-7H2,1-2H3. The predicted octanol–water partition coefficient (Wildman–Crippen LogP) is 4.36. The Morgan fingerprint density at radius 2 is 2.00 bits per heavy atom. The van der Waals surface area contributed by atoms with Crippen molar-refractivity contribution in [1.82, 2.24) is 9.97 Å². The van der Waals surface area contributed by atoms with Crippen LogP contribution in [0.15, 0.2) is 0 Å². The molecule has 19 heavy (non-hydrogen) atoms. The molecule has 0 radical (unpaired) electrons. The van der Waals surface area contributed by atoms with Gasteiger partial charge in [0.05, 0.1) is 0 Å². The summed E-state index contributed by atoms with van der Waals surface area (Å²) in [5.74, 6) is 0.131. The Morgan fingerprint density at radius 3 is 2.53 bits per heavy atom. The van der Waals surface area contributed by atoms with Gasteiger partial charge in [0, 0.05) is 6.61 Å². The molecule has 0 bridgehead atoms. The van der Waals surface area contributed by atoms with Gasteiger partial charge in [-0.2, -0.15) is 0 Å². The number of hydrogen-bond acceptors (Lipinski definition) is 3. The van der Waals surface area contributed by atoms with E-state index in [1.807, 2.05) is 6.92 Å². The molecule has 0 saturated heterocycles. The van der Waals surface area contributed by atoms with Crippen molar-refractivity contribution in [3.63, 3.8) is 0 Å². The van der Waals surface area contributed by atoms with E-state index in [2.05, 4.69) is 16.9 Å². The Morgan fingerprint density at radius 1 is 1.37 bits per heavy atom. The second-order valence-electron chi connectivity index (χ2n) is 5.07. The summed E-state index contributed by atoms with van der Waals surface area (Å²) >= 11 is 11.5. The first kappa shape index (κ1) is 14.9. The molecule has 1 aromatic rings. The van der Waals surface area contributed by atoms with Crippen molar-refractivity contribution in [2.24, 2.45) is 5.92 Å². The van der Waals surface area contributed by atoms with Crippen LogP contribution in [0.25, 0.3) is 0 Å². The van der Waals surface area contributed by atoms with E-state index >= 15 is 0 Å². The number of aromatic nitrogens is 2. The fourth-order valence-corrected chi connectivity index (χ4v) is 3.16. The van der Waals surface area contributed by atoms with E-state index in [9.17, 15) is 4.39 Å². The molecular formula is C13H17Cl2FN2O. The van der Waals surface area contributed by atoms with Crippen LogP contribution < -0.4 is 0 Å². The van der Waals surface area contributed by atoms with Crippen molar-refractivity contribution in [2.75, 3.05) is 6.61 Å². The maximum atomic E-state index is 13.4. The molecule has 0 aromatic carbocycles. The number of nitrogens with zero attached hydrogens (tertiary/aromatic N) is 2. The minimum absolute atomic E-state index is 0.243. The van der Waals surface area contributed by atoms with Crippen LogP contribution in [0.4, 0.5) is 4.39 Å². The van der Waals surface area contributed by atoms with Gasteiger partial charge in [-0.05, 0) is 32.1 Å². The van der Waals surface area contributed by atoms with Crippen molar-refractivity contribution in [3.05, 3.63) is 21.9 Å². The molecular weight excluding hydrogens is 290 g/mol. The first-order valence-electron chi connectivity index (χ1n) is 6.51. The van der Waals surface area contributed by atoms with Gasteiger partial charge >= 0.3 is 0 Å². The Labute approximate surface area is 122 Å². The molecule has 6 heteroatoms. The monoisotopic (exact) mass is 306 g/mol. The normalized spacial score (nSPS) is 27.5. The largest absolute Gasteiger partial charge is 0.367 e. The third-order valence-corrected chi connectivity index (χ3v) is 4.06. The van der Waals surface area contributed by atoms with Crippen molar-refractivity contribution in [3.8, 4) is 0 Å². The third kappa shape index (κ3) is 3.01. The summed E-state index contributed by atoms with van der Waals surface area (Å²) in [4.78, 5) is 8.10. The molecule has 1 aromatic heterocycles. The van der Waals surface area contributed by atoms with Gasteiger partial charge in [-0.15, -0.1) is 0 Å². The summed E-state index contributed by atoms with van der Waals surface area (Å²) in [7, 11) is 0. The molecule has 1 fully saturated rings. The van der Waals surface area contributed by atoms with E-state index in [4.69, 9.17) is 27.9 Å². The van der Waals surface area contributed by atoms with Gasteiger partial charge in [0.25, 0.3) is 0 Å². The second-order valence-corrected chi connectivity index (χ2v) is 5.79. The lowest BCUT2D eigenvalue weighted by Gasteiger charge is -2.38. The molecule has 0 amide bonds. The highest BCUT2D eigenvalue weighted by Gasteiger charge is 2.40. The van der Waals surface area contributed by atoms with Gasteiger partial charge in [-0.1, -0.05) is 36.5 Å². The fraction of sp³-hybridized carbons (Fsp3) is 0.692. The average molecular weight is 307 g/mol. The Balaban J connectivity index is 2.44. The second kappa shape index (κ2) is 5.90. The number of ether oxygens (including phenoxy) is 1. The lowest BCUT2D eigenvalue weighted by atomic mass is 9.78. The van der Waals surface area contributed by atoms with E-state index in [1.165, 1.54) is 0 Å². The minimum Gasteiger partial charge on any atom is -0.367 e. The highest BCUT2D eigenvalue weighted by Crippen LogP contribution is 2.42. The molecule has 3 nitrogen and oxygen atoms in total. The van der Waals surface area contributed by atoms with Crippen LogP contribution in [-0.4, -0.2) is 16.6 Å². The van der Waals surface area contributed by atoms with Gasteiger partial charge in [-0.25, -0.2) is 14.4 Å². The topological polar surface area (TPSA) is 35.0 Å². The quantitative estimate of drug-likeness (QED) is 0.778. The van der Waals surface area contributed by atoms with Gasteiger partial charge in [0.15, 0.2) is 21.9 Å². The van der Waals surface area contributed by atoms with E-state index in [0.29, 0.717) is 18.3 Å². The summed E-state index contributed by atoms with van der Waals surface area (Å²) in [5.41, 5.74) is -0.590. The zero-order valence-electron chi connectivity index (χ0n) is 11.0. The van der Waals surface area contributed by atoms with Crippen molar-refractivity contribution < 1.29 is 9.13 Å². The first-order chi connectivity index (χ1) is 8.98. The first-order valence-corrected chi connectivity index (χ1v) is 7.27. The van der Waals surface area contributed by atoms with Gasteiger partial charge in [0.1, 0.15) is 5.60 Å². The van der Waals surface area contributed by atoms with Crippen LogP contribution in [0.3, 0.4) is 0 Å². The van der Waals surface area contributed by atoms with E-state index in [-0.39, 0.29) is 10.3 Å². The molecule has 106 valence electrons. The van der Waals surface area contributed by atoms with Crippen molar-refractivity contribution in [2.45, 2.75) is 45.1 Å². The van der Waals surface area contributed by atoms with Crippen molar-refractivity contribution >= 4 is 23.2 Å². The highest BCUT2D eigenvalue weighted by molar-refractivity contribution is 6.33. The Kier molecular flexibility index (Phi) is 4.64. The number of rotatable bonds is 3. The molecule has 1 saturated carbocycles. The van der Waals surface area contributed by atoms with E-state index in [0.717, 1.165) is 25.7 Å². The highest BCUT2D eigenvalue weighted by atomic mass is 35.5. The van der Waals surface area contributed by atoms with Crippen LogP contribution in [0.2, 0.25) is 10.3 Å². The maximum Gasteiger partial charge on any atom is 0.197 e. The van der Waals surface area contributed by atoms with Crippen LogP contribution in [0.1, 0.15) is 45.4 Å². The molecule has 2 atom stereocenters. The van der Waals surface area contributed by atoms with Crippen LogP contribution in [0, 0.1) is 11.7 Å². The molecule has 1 aliphatic rings. The van der Waals surface area contributed by atoms with Crippen molar-refractivity contribution in [1.29, 1.82) is 0 Å². The molecule has 0 aliphatic heterocycles. The minimum atomic E-state index is -0.775. The zero-order chi connectivity index (χ0) is 14.0. The summed E-state index contributed by atoms with van der Waals surface area (Å²) in [5, 5.41) is -0.486. The smallest absolute Gasteiger partial charge is 0.197 e. The molecule has 2 rings (SSSR count). The number of halogens is 3. The van der Waals surface area contributed by atoms with E-state index in [1.54, 1.807) is 0 Å². The lowest BCUT2D eigenvalue weighted by Crippen LogP contribution is -2.37. The van der Waals surface area contributed by atoms with Gasteiger partial charge in [-0.3, -0.25) is 0 Å². The summed E-state index contributed by atoms with van der Waals surface area (Å²) in [6.45, 7) is 4.64. The Hall–Kier alpha value is -0.450. The van der Waals surface area contributed by atoms with Crippen LogP contribution in [-0.2, 0) is 10.3 Å². The molecule has 1 aliphatic carbocycles. The van der Waals surface area contributed by atoms with Crippen LogP contribution >= 0.6 is 23.2 Å². The molecule has 1 heterocycles. The molecule has 2 unspecified atom stereocenters. The summed E-state index contributed by atoms with van der Waals surface area (Å²) in [6, 6.07) is 0. The fourth-order valence-electron chi connectivity index (χ4n) is 2.78. The predicted molar refractivity (Wildman–Crippen MR) is 72.9 cm³/mol. The van der Waals surface area contributed by atoms with Gasteiger partial charge in [0.2, 0.25) is 0 Å². The summed E-state index contributed by atoms with van der Waals surface area (Å²) in [6.07, 6.45) is 3.79. The Bertz CT molecular complexity index is 445. The average Bonchev–Trinajstić information content (AvgIpc) is 2.35. The lowest BCUT2D eigenvalue weighted by molar-refractivity contribution is -0.0881. The number of hydrogen-bond donors (Lipinski definition) is 0. The zero-order valence-corrected chi connectivity index (χ0v) is 12.6. The SMILES string of the molecule is CCOC1(c2nc(Cl)c(F)c(Cl)n2)CCCC(C)C1. The molecule has 0 spiro atoms. The van der Waals surface area contributed by atoms with E-state index < -0.39 is 11.4 Å².